The average Bonchev–Trinajstić information content (AvgIpc) is 2.70. The lowest BCUT2D eigenvalue weighted by Crippen LogP contribution is -2.34. The highest BCUT2D eigenvalue weighted by Gasteiger charge is 2.32. The molecule has 142 valence electrons. The lowest BCUT2D eigenvalue weighted by molar-refractivity contribution is 0.0687. The summed E-state index contributed by atoms with van der Waals surface area (Å²) in [6.07, 6.45) is 1.61. The first-order chi connectivity index (χ1) is 13.4. The van der Waals surface area contributed by atoms with E-state index in [2.05, 4.69) is 0 Å². The van der Waals surface area contributed by atoms with Crippen molar-refractivity contribution in [2.24, 2.45) is 0 Å². The standard InChI is InChI=1S/C23H26FNO2/c1-3-23(2,17-9-5-4-6-10-17)15-22(27)20(16-24)25-14-13-21(26)18-11-7-8-12-19(18)25/h4-14,20,22,27H,3,15-16H2,1-2H3/i9T. The van der Waals surface area contributed by atoms with Gasteiger partial charge in [0.05, 0.1) is 19.0 Å². The van der Waals surface area contributed by atoms with Crippen LogP contribution < -0.4 is 5.43 Å². The molecule has 0 radical (unpaired) electrons. The van der Waals surface area contributed by atoms with Crippen LogP contribution in [0.5, 0.6) is 0 Å². The lowest BCUT2D eigenvalue weighted by atomic mass is 9.75. The lowest BCUT2D eigenvalue weighted by Gasteiger charge is -2.34. The number of aromatic nitrogens is 1. The number of hydrogen-bond acceptors (Lipinski definition) is 2. The van der Waals surface area contributed by atoms with Crippen LogP contribution >= 0.6 is 0 Å². The highest BCUT2D eigenvalue weighted by molar-refractivity contribution is 5.78. The molecule has 0 spiro atoms. The van der Waals surface area contributed by atoms with Crippen LogP contribution in [-0.4, -0.2) is 22.5 Å². The van der Waals surface area contributed by atoms with E-state index in [-0.39, 0.29) is 5.43 Å². The molecule has 0 fully saturated rings. The summed E-state index contributed by atoms with van der Waals surface area (Å²) < 4.78 is 24.0. The largest absolute Gasteiger partial charge is 0.391 e. The Labute approximate surface area is 160 Å². The number of pyridine rings is 1. The third kappa shape index (κ3) is 3.81. The van der Waals surface area contributed by atoms with Crippen molar-refractivity contribution in [3.63, 3.8) is 0 Å². The molecule has 1 heterocycles. The molecule has 0 saturated carbocycles. The van der Waals surface area contributed by atoms with E-state index in [1.165, 1.54) is 6.07 Å². The SMILES string of the molecule is [3H]c1ccccc1C(C)(CC)CC(O)C(CF)n1ccc(=O)c2ccccc21. The number of rotatable bonds is 7. The average molecular weight is 369 g/mol. The Balaban J connectivity index is 1.99. The molecule has 27 heavy (non-hydrogen) atoms. The van der Waals surface area contributed by atoms with E-state index in [1.54, 1.807) is 41.1 Å². The molecule has 1 N–H and O–H groups in total. The van der Waals surface area contributed by atoms with Gasteiger partial charge in [-0.1, -0.05) is 56.3 Å². The number of para-hydroxylation sites is 1. The highest BCUT2D eigenvalue weighted by Crippen LogP contribution is 2.35. The molecule has 3 rings (SSSR count). The van der Waals surface area contributed by atoms with Gasteiger partial charge in [-0.2, -0.15) is 0 Å². The first-order valence-corrected chi connectivity index (χ1v) is 9.31. The number of aliphatic hydroxyl groups is 1. The Kier molecular flexibility index (Phi) is 5.35. The van der Waals surface area contributed by atoms with Crippen molar-refractivity contribution >= 4 is 10.9 Å². The summed E-state index contributed by atoms with van der Waals surface area (Å²) in [6, 6.07) is 15.4. The van der Waals surface area contributed by atoms with Crippen molar-refractivity contribution in [3.05, 3.63) is 82.6 Å². The van der Waals surface area contributed by atoms with Crippen LogP contribution in [0.1, 0.15) is 39.7 Å². The van der Waals surface area contributed by atoms with E-state index in [0.717, 1.165) is 5.56 Å². The quantitative estimate of drug-likeness (QED) is 0.660. The third-order valence-corrected chi connectivity index (χ3v) is 5.59. The van der Waals surface area contributed by atoms with Crippen molar-refractivity contribution in [2.75, 3.05) is 6.67 Å². The molecule has 3 unspecified atom stereocenters. The van der Waals surface area contributed by atoms with Gasteiger partial charge in [0, 0.05) is 17.6 Å². The topological polar surface area (TPSA) is 42.2 Å². The van der Waals surface area contributed by atoms with E-state index < -0.39 is 24.2 Å². The molecular formula is C23H26FNO2. The Morgan fingerprint density at radius 2 is 1.93 bits per heavy atom. The first kappa shape index (κ1) is 17.9. The monoisotopic (exact) mass is 369 g/mol. The van der Waals surface area contributed by atoms with E-state index >= 15 is 0 Å². The van der Waals surface area contributed by atoms with Gasteiger partial charge in [0.15, 0.2) is 5.43 Å². The van der Waals surface area contributed by atoms with Gasteiger partial charge in [-0.3, -0.25) is 4.79 Å². The Hall–Kier alpha value is -2.46. The minimum atomic E-state index is -0.972. The van der Waals surface area contributed by atoms with Crippen LogP contribution in [0.25, 0.3) is 10.9 Å². The van der Waals surface area contributed by atoms with E-state index in [1.807, 2.05) is 32.0 Å². The molecule has 3 atom stereocenters. The maximum atomic E-state index is 14.1. The predicted octanol–water partition coefficient (Wildman–Crippen LogP) is 4.63. The first-order valence-electron chi connectivity index (χ1n) is 9.81. The number of hydrogen-bond donors (Lipinski definition) is 1. The summed E-state index contributed by atoms with van der Waals surface area (Å²) in [5.41, 5.74) is 0.871. The predicted molar refractivity (Wildman–Crippen MR) is 108 cm³/mol. The second kappa shape index (κ2) is 8.05. The molecule has 0 saturated heterocycles. The van der Waals surface area contributed by atoms with Crippen molar-refractivity contribution < 1.29 is 10.9 Å². The van der Waals surface area contributed by atoms with Gasteiger partial charge in [-0.05, 0) is 36.0 Å². The summed E-state index contributed by atoms with van der Waals surface area (Å²) in [6.45, 7) is 3.26. The van der Waals surface area contributed by atoms with Gasteiger partial charge in [0.2, 0.25) is 0 Å². The number of alkyl halides is 1. The zero-order chi connectivity index (χ0) is 20.3. The van der Waals surface area contributed by atoms with Gasteiger partial charge in [-0.25, -0.2) is 4.39 Å². The zero-order valence-electron chi connectivity index (χ0n) is 16.7. The molecule has 3 aromatic rings. The molecule has 0 aliphatic carbocycles. The van der Waals surface area contributed by atoms with Crippen LogP contribution in [0.4, 0.5) is 4.39 Å². The van der Waals surface area contributed by atoms with Crippen LogP contribution in [0.2, 0.25) is 0 Å². The summed E-state index contributed by atoms with van der Waals surface area (Å²) >= 11 is 0. The molecule has 3 nitrogen and oxygen atoms in total. The van der Waals surface area contributed by atoms with Gasteiger partial charge >= 0.3 is 0 Å². The van der Waals surface area contributed by atoms with E-state index in [9.17, 15) is 14.3 Å². The van der Waals surface area contributed by atoms with Crippen molar-refractivity contribution in [1.82, 2.24) is 4.57 Å². The van der Waals surface area contributed by atoms with Crippen molar-refractivity contribution in [1.29, 1.82) is 0 Å². The fourth-order valence-electron chi connectivity index (χ4n) is 3.69. The van der Waals surface area contributed by atoms with Crippen LogP contribution in [0.15, 0.2) is 71.6 Å². The Morgan fingerprint density at radius 1 is 1.19 bits per heavy atom. The number of nitrogens with zero attached hydrogens (tertiary/aromatic N) is 1. The summed E-state index contributed by atoms with van der Waals surface area (Å²) in [5.74, 6) is 0. The second-order valence-electron chi connectivity index (χ2n) is 7.29. The molecular weight excluding hydrogens is 341 g/mol. The molecule has 4 heteroatoms. The molecule has 0 aliphatic rings. The zero-order valence-corrected chi connectivity index (χ0v) is 15.7. The van der Waals surface area contributed by atoms with Crippen molar-refractivity contribution in [3.8, 4) is 0 Å². The van der Waals surface area contributed by atoms with Crippen molar-refractivity contribution in [2.45, 2.75) is 44.2 Å². The fourth-order valence-corrected chi connectivity index (χ4v) is 3.69. The third-order valence-electron chi connectivity index (χ3n) is 5.59. The Morgan fingerprint density at radius 3 is 2.63 bits per heavy atom. The number of halogens is 1. The Bertz CT molecular complexity index is 1020. The molecule has 0 aliphatic heterocycles. The van der Waals surface area contributed by atoms with E-state index in [4.69, 9.17) is 1.37 Å². The maximum absolute atomic E-state index is 14.1. The number of benzene rings is 2. The summed E-state index contributed by atoms with van der Waals surface area (Å²) in [7, 11) is 0. The van der Waals surface area contributed by atoms with E-state index in [0.29, 0.717) is 29.8 Å². The molecule has 1 aromatic heterocycles. The van der Waals surface area contributed by atoms with Crippen LogP contribution in [-0.2, 0) is 5.41 Å². The maximum Gasteiger partial charge on any atom is 0.189 e. The van der Waals surface area contributed by atoms with Gasteiger partial charge in [0.25, 0.3) is 0 Å². The highest BCUT2D eigenvalue weighted by atomic mass is 19.1. The van der Waals surface area contributed by atoms with Crippen LogP contribution in [0, 0.1) is 0 Å². The minimum absolute atomic E-state index is 0.125. The van der Waals surface area contributed by atoms with Gasteiger partial charge < -0.3 is 9.67 Å². The normalized spacial score (nSPS) is 16.5. The smallest absolute Gasteiger partial charge is 0.189 e. The second-order valence-corrected chi connectivity index (χ2v) is 7.29. The fraction of sp³-hybridized carbons (Fsp3) is 0.348. The molecule has 0 amide bonds. The molecule has 0 bridgehead atoms. The summed E-state index contributed by atoms with van der Waals surface area (Å²) in [5, 5.41) is 11.5. The number of fused-ring (bicyclic) bond motifs is 1. The number of aliphatic hydroxyl groups excluding tert-OH is 1. The van der Waals surface area contributed by atoms with Crippen LogP contribution in [0.3, 0.4) is 0 Å². The minimum Gasteiger partial charge on any atom is -0.391 e. The molecule has 2 aromatic carbocycles. The summed E-state index contributed by atoms with van der Waals surface area (Å²) in [4.78, 5) is 12.1. The van der Waals surface area contributed by atoms with Gasteiger partial charge in [-0.15, -0.1) is 0 Å². The van der Waals surface area contributed by atoms with Gasteiger partial charge in [0.1, 0.15) is 6.67 Å².